The minimum Gasteiger partial charge on any atom is -0.473 e. The molecule has 0 spiro atoms. The largest absolute Gasteiger partial charge is 0.473 e. The van der Waals surface area contributed by atoms with E-state index < -0.39 is 23.8 Å². The minimum absolute atomic E-state index is 0.0769. The molecule has 0 aromatic rings. The Morgan fingerprint density at radius 2 is 1.82 bits per heavy atom. The molecule has 0 amide bonds. The smallest absolute Gasteiger partial charge is 0.414 e. The molecular weight excluding hydrogens is 236 g/mol. The third-order valence-electron chi connectivity index (χ3n) is 2.16. The molecule has 0 aromatic carbocycles. The number of aliphatic carboxylic acids is 2. The fraction of sp³-hybridized carbons (Fsp3) is 0.778. The standard InChI is InChI=1S/C7H14O4.C2H2O4/c8-4-5-11-7(10)3-1-2-6(7)9;3-1(4)2(5)6/h6,8-10H,1-5H2;(H,3,4)(H,5,6). The molecule has 5 N–H and O–H groups in total. The lowest BCUT2D eigenvalue weighted by molar-refractivity contribution is -0.245. The Balaban J connectivity index is 0.000000366. The zero-order valence-corrected chi connectivity index (χ0v) is 9.07. The highest BCUT2D eigenvalue weighted by atomic mass is 16.6. The van der Waals surface area contributed by atoms with Gasteiger partial charge >= 0.3 is 11.9 Å². The lowest BCUT2D eigenvalue weighted by atomic mass is 10.2. The van der Waals surface area contributed by atoms with Gasteiger partial charge in [0.05, 0.1) is 13.2 Å². The maximum atomic E-state index is 9.51. The molecule has 1 aliphatic carbocycles. The highest BCUT2D eigenvalue weighted by Crippen LogP contribution is 2.30. The van der Waals surface area contributed by atoms with E-state index in [4.69, 9.17) is 29.6 Å². The van der Waals surface area contributed by atoms with Gasteiger partial charge < -0.3 is 30.3 Å². The number of ether oxygens (including phenoxy) is 1. The van der Waals surface area contributed by atoms with Gasteiger partial charge in [0.15, 0.2) is 5.79 Å². The molecule has 2 unspecified atom stereocenters. The van der Waals surface area contributed by atoms with E-state index in [0.29, 0.717) is 12.8 Å². The van der Waals surface area contributed by atoms with Gasteiger partial charge in [-0.15, -0.1) is 0 Å². The molecule has 0 aromatic heterocycles. The van der Waals surface area contributed by atoms with E-state index in [1.54, 1.807) is 0 Å². The quantitative estimate of drug-likeness (QED) is 0.298. The van der Waals surface area contributed by atoms with Crippen LogP contribution >= 0.6 is 0 Å². The Labute approximate surface area is 97.1 Å². The van der Waals surface area contributed by atoms with Crippen LogP contribution in [-0.4, -0.2) is 62.6 Å². The van der Waals surface area contributed by atoms with Crippen molar-refractivity contribution >= 4 is 11.9 Å². The predicted molar refractivity (Wildman–Crippen MR) is 53.1 cm³/mol. The van der Waals surface area contributed by atoms with Crippen LogP contribution in [0.5, 0.6) is 0 Å². The predicted octanol–water partition coefficient (Wildman–Crippen LogP) is -1.62. The maximum absolute atomic E-state index is 9.51. The van der Waals surface area contributed by atoms with Crippen LogP contribution < -0.4 is 0 Å². The van der Waals surface area contributed by atoms with Crippen LogP contribution in [0.3, 0.4) is 0 Å². The highest BCUT2D eigenvalue weighted by molar-refractivity contribution is 6.27. The van der Waals surface area contributed by atoms with Crippen molar-refractivity contribution in [1.82, 2.24) is 0 Å². The number of aliphatic hydroxyl groups is 3. The van der Waals surface area contributed by atoms with Crippen molar-refractivity contribution in [3.05, 3.63) is 0 Å². The molecule has 8 nitrogen and oxygen atoms in total. The summed E-state index contributed by atoms with van der Waals surface area (Å²) in [7, 11) is 0. The summed E-state index contributed by atoms with van der Waals surface area (Å²) in [5.41, 5.74) is 0. The van der Waals surface area contributed by atoms with Crippen molar-refractivity contribution < 1.29 is 39.9 Å². The molecule has 100 valence electrons. The van der Waals surface area contributed by atoms with Crippen LogP contribution in [0, 0.1) is 0 Å². The van der Waals surface area contributed by atoms with E-state index in [1.807, 2.05) is 0 Å². The van der Waals surface area contributed by atoms with E-state index in [2.05, 4.69) is 0 Å². The Kier molecular flexibility index (Phi) is 6.66. The van der Waals surface area contributed by atoms with Gasteiger partial charge in [0.1, 0.15) is 6.10 Å². The number of carboxylic acid groups (broad SMARTS) is 2. The molecule has 17 heavy (non-hydrogen) atoms. The molecule has 0 heterocycles. The molecular formula is C9H16O8. The molecule has 1 saturated carbocycles. The third kappa shape index (κ3) is 5.59. The molecule has 0 aliphatic heterocycles. The molecule has 2 atom stereocenters. The Hall–Kier alpha value is -1.22. The van der Waals surface area contributed by atoms with Gasteiger partial charge in [-0.25, -0.2) is 9.59 Å². The van der Waals surface area contributed by atoms with Crippen LogP contribution in [0.25, 0.3) is 0 Å². The number of carbonyl (C=O) groups is 2. The summed E-state index contributed by atoms with van der Waals surface area (Å²) in [6.45, 7) is -0.0530. The van der Waals surface area contributed by atoms with Gasteiger partial charge in [0.25, 0.3) is 0 Å². The van der Waals surface area contributed by atoms with E-state index in [-0.39, 0.29) is 13.2 Å². The van der Waals surface area contributed by atoms with Crippen molar-refractivity contribution in [1.29, 1.82) is 0 Å². The van der Waals surface area contributed by atoms with Gasteiger partial charge in [-0.2, -0.15) is 0 Å². The van der Waals surface area contributed by atoms with Gasteiger partial charge in [0, 0.05) is 6.42 Å². The first-order valence-electron chi connectivity index (χ1n) is 4.95. The second kappa shape index (κ2) is 7.17. The lowest BCUT2D eigenvalue weighted by Crippen LogP contribution is -2.40. The van der Waals surface area contributed by atoms with E-state index in [9.17, 15) is 10.2 Å². The van der Waals surface area contributed by atoms with Gasteiger partial charge in [-0.05, 0) is 12.8 Å². The van der Waals surface area contributed by atoms with Crippen molar-refractivity contribution in [2.24, 2.45) is 0 Å². The first-order valence-corrected chi connectivity index (χ1v) is 4.95. The Morgan fingerprint density at radius 1 is 1.29 bits per heavy atom. The fourth-order valence-corrected chi connectivity index (χ4v) is 1.33. The van der Waals surface area contributed by atoms with Crippen molar-refractivity contribution in [3.63, 3.8) is 0 Å². The molecule has 0 radical (unpaired) electrons. The second-order valence-electron chi connectivity index (χ2n) is 3.44. The zero-order chi connectivity index (χ0) is 13.5. The summed E-state index contributed by atoms with van der Waals surface area (Å²) < 4.78 is 4.91. The number of hydrogen-bond donors (Lipinski definition) is 5. The summed E-state index contributed by atoms with van der Waals surface area (Å²) in [5, 5.41) is 41.9. The number of carboxylic acids is 2. The fourth-order valence-electron chi connectivity index (χ4n) is 1.33. The first kappa shape index (κ1) is 15.8. The Morgan fingerprint density at radius 3 is 2.12 bits per heavy atom. The second-order valence-corrected chi connectivity index (χ2v) is 3.44. The van der Waals surface area contributed by atoms with Crippen LogP contribution in [0.15, 0.2) is 0 Å². The topological polar surface area (TPSA) is 145 Å². The monoisotopic (exact) mass is 252 g/mol. The minimum atomic E-state index is -1.82. The molecule has 1 aliphatic rings. The highest BCUT2D eigenvalue weighted by Gasteiger charge is 2.40. The summed E-state index contributed by atoms with van der Waals surface area (Å²) in [6.07, 6.45) is 0.994. The maximum Gasteiger partial charge on any atom is 0.414 e. The zero-order valence-electron chi connectivity index (χ0n) is 9.07. The molecule has 1 rings (SSSR count). The van der Waals surface area contributed by atoms with Crippen molar-refractivity contribution in [3.8, 4) is 0 Å². The molecule has 0 bridgehead atoms. The van der Waals surface area contributed by atoms with Crippen LogP contribution in [-0.2, 0) is 14.3 Å². The molecule has 0 saturated heterocycles. The van der Waals surface area contributed by atoms with Gasteiger partial charge in [0.2, 0.25) is 0 Å². The average Bonchev–Trinajstić information content (AvgIpc) is 2.58. The van der Waals surface area contributed by atoms with Crippen LogP contribution in [0.2, 0.25) is 0 Å². The SMILES string of the molecule is O=C(O)C(=O)O.OCCOC1(O)CCCC1O. The van der Waals surface area contributed by atoms with Crippen LogP contribution in [0.4, 0.5) is 0 Å². The molecule has 1 fully saturated rings. The van der Waals surface area contributed by atoms with Crippen molar-refractivity contribution in [2.75, 3.05) is 13.2 Å². The Bertz CT molecular complexity index is 254. The number of rotatable bonds is 3. The van der Waals surface area contributed by atoms with E-state index in [0.717, 1.165) is 6.42 Å². The van der Waals surface area contributed by atoms with Gasteiger partial charge in [-0.3, -0.25) is 0 Å². The van der Waals surface area contributed by atoms with Gasteiger partial charge in [-0.1, -0.05) is 0 Å². The number of hydrogen-bond acceptors (Lipinski definition) is 6. The van der Waals surface area contributed by atoms with E-state index >= 15 is 0 Å². The third-order valence-corrected chi connectivity index (χ3v) is 2.16. The summed E-state index contributed by atoms with van der Waals surface area (Å²) in [5.74, 6) is -5.05. The lowest BCUT2D eigenvalue weighted by Gasteiger charge is -2.26. The van der Waals surface area contributed by atoms with Crippen LogP contribution in [0.1, 0.15) is 19.3 Å². The summed E-state index contributed by atoms with van der Waals surface area (Å²) in [6, 6.07) is 0. The summed E-state index contributed by atoms with van der Waals surface area (Å²) in [4.78, 5) is 18.2. The van der Waals surface area contributed by atoms with Crippen molar-refractivity contribution in [2.45, 2.75) is 31.2 Å². The summed E-state index contributed by atoms with van der Waals surface area (Å²) >= 11 is 0. The number of aliphatic hydroxyl groups excluding tert-OH is 2. The average molecular weight is 252 g/mol. The normalized spacial score (nSPS) is 27.1. The molecule has 8 heteroatoms. The first-order chi connectivity index (χ1) is 7.83. The van der Waals surface area contributed by atoms with E-state index in [1.165, 1.54) is 0 Å².